The molecule has 2 fully saturated rings. The molecule has 4 rings (SSSR count). The van der Waals surface area contributed by atoms with Crippen LogP contribution in [0.5, 0.6) is 5.88 Å². The Labute approximate surface area is 181 Å². The predicted molar refractivity (Wildman–Crippen MR) is 103 cm³/mol. The number of alkyl halides is 3. The summed E-state index contributed by atoms with van der Waals surface area (Å²) in [5, 5.41) is 7.12. The van der Waals surface area contributed by atoms with Crippen LogP contribution in [-0.4, -0.2) is 75.9 Å². The molecule has 2 aliphatic rings. The molecule has 4 heterocycles. The third-order valence-corrected chi connectivity index (χ3v) is 5.20. The van der Waals surface area contributed by atoms with Crippen LogP contribution in [0.25, 0.3) is 0 Å². The van der Waals surface area contributed by atoms with Crippen molar-refractivity contribution in [3.8, 4) is 5.88 Å². The quantitative estimate of drug-likeness (QED) is 0.746. The summed E-state index contributed by atoms with van der Waals surface area (Å²) >= 11 is 0. The zero-order valence-electron chi connectivity index (χ0n) is 17.1. The average molecular weight is 454 g/mol. The minimum absolute atomic E-state index is 0.0842. The molecule has 9 nitrogen and oxygen atoms in total. The molecule has 2 aromatic heterocycles. The van der Waals surface area contributed by atoms with Gasteiger partial charge in [0.1, 0.15) is 5.69 Å². The van der Waals surface area contributed by atoms with Crippen LogP contribution in [-0.2, 0) is 9.53 Å². The number of fused-ring (bicyclic) bond motifs is 1. The van der Waals surface area contributed by atoms with E-state index in [1.165, 1.54) is 0 Å². The molecule has 172 valence electrons. The van der Waals surface area contributed by atoms with Gasteiger partial charge in [-0.25, -0.2) is 14.8 Å². The van der Waals surface area contributed by atoms with E-state index in [2.05, 4.69) is 15.0 Å². The lowest BCUT2D eigenvalue weighted by molar-refractivity contribution is -0.192. The number of nitrogens with zero attached hydrogens (tertiary/aromatic N) is 4. The smallest absolute Gasteiger partial charge is 0.477 e. The van der Waals surface area contributed by atoms with Crippen LogP contribution >= 0.6 is 0 Å². The number of aryl methyl sites for hydroxylation is 1. The highest BCUT2D eigenvalue weighted by molar-refractivity contribution is 5.92. The molecule has 32 heavy (non-hydrogen) atoms. The van der Waals surface area contributed by atoms with Crippen LogP contribution < -0.4 is 4.74 Å². The van der Waals surface area contributed by atoms with Crippen molar-refractivity contribution in [2.75, 3.05) is 32.9 Å². The largest absolute Gasteiger partial charge is 0.490 e. The monoisotopic (exact) mass is 454 g/mol. The standard InChI is InChI=1S/C18H20N4O3.C2HF3O2/c1-13-6-21-15(7-20-13)17(23)22-8-14-9-24-11-18(14,10-22)12-25-16-4-2-3-5-19-16;3-2(4,5)1(6)7/h2-7,14H,8-12H2,1H3;(H,6,7)/t14-,18+;/m1./s1. The number of likely N-dealkylation sites (tertiary alicyclic amines) is 1. The first-order chi connectivity index (χ1) is 15.1. The molecule has 0 radical (unpaired) electrons. The molecule has 0 spiro atoms. The minimum Gasteiger partial charge on any atom is -0.477 e. The van der Waals surface area contributed by atoms with Gasteiger partial charge in [-0.05, 0) is 13.0 Å². The second-order valence-electron chi connectivity index (χ2n) is 7.56. The van der Waals surface area contributed by atoms with Crippen molar-refractivity contribution in [2.24, 2.45) is 11.3 Å². The van der Waals surface area contributed by atoms with Gasteiger partial charge in [-0.3, -0.25) is 9.78 Å². The van der Waals surface area contributed by atoms with E-state index in [1.807, 2.05) is 30.0 Å². The maximum absolute atomic E-state index is 12.7. The van der Waals surface area contributed by atoms with E-state index in [1.54, 1.807) is 18.6 Å². The Hall–Kier alpha value is -3.28. The zero-order valence-corrected chi connectivity index (χ0v) is 17.1. The lowest BCUT2D eigenvalue weighted by atomic mass is 9.82. The van der Waals surface area contributed by atoms with Gasteiger partial charge in [0.25, 0.3) is 5.91 Å². The number of carbonyl (C=O) groups is 2. The van der Waals surface area contributed by atoms with E-state index < -0.39 is 12.1 Å². The summed E-state index contributed by atoms with van der Waals surface area (Å²) in [6.07, 6.45) is -0.220. The lowest BCUT2D eigenvalue weighted by Crippen LogP contribution is -2.38. The molecule has 2 aromatic rings. The summed E-state index contributed by atoms with van der Waals surface area (Å²) < 4.78 is 43.3. The molecule has 2 atom stereocenters. The van der Waals surface area contributed by atoms with Crippen LogP contribution in [0.2, 0.25) is 0 Å². The third-order valence-electron chi connectivity index (χ3n) is 5.20. The molecule has 0 aromatic carbocycles. The maximum atomic E-state index is 12.7. The number of hydrogen-bond donors (Lipinski definition) is 1. The summed E-state index contributed by atoms with van der Waals surface area (Å²) in [5.74, 6) is -1.98. The van der Waals surface area contributed by atoms with Crippen LogP contribution in [0.3, 0.4) is 0 Å². The fourth-order valence-corrected chi connectivity index (χ4v) is 3.51. The predicted octanol–water partition coefficient (Wildman–Crippen LogP) is 1.98. The first kappa shape index (κ1) is 23.4. The van der Waals surface area contributed by atoms with Crippen LogP contribution in [0, 0.1) is 18.3 Å². The second kappa shape index (κ2) is 9.47. The van der Waals surface area contributed by atoms with Gasteiger partial charge < -0.3 is 19.5 Å². The van der Waals surface area contributed by atoms with Gasteiger partial charge in [0.2, 0.25) is 5.88 Å². The van der Waals surface area contributed by atoms with E-state index in [4.69, 9.17) is 19.4 Å². The van der Waals surface area contributed by atoms with Gasteiger partial charge in [0.15, 0.2) is 0 Å². The second-order valence-corrected chi connectivity index (χ2v) is 7.56. The first-order valence-electron chi connectivity index (χ1n) is 9.60. The van der Waals surface area contributed by atoms with Gasteiger partial charge in [0, 0.05) is 37.5 Å². The summed E-state index contributed by atoms with van der Waals surface area (Å²) in [4.78, 5) is 36.0. The lowest BCUT2D eigenvalue weighted by Gasteiger charge is -2.26. The number of carboxylic acids is 1. The van der Waals surface area contributed by atoms with E-state index in [9.17, 15) is 18.0 Å². The fourth-order valence-electron chi connectivity index (χ4n) is 3.51. The Kier molecular flexibility index (Phi) is 6.92. The average Bonchev–Trinajstić information content (AvgIpc) is 3.30. The molecular weight excluding hydrogens is 433 g/mol. The molecule has 0 unspecified atom stereocenters. The topological polar surface area (TPSA) is 115 Å². The molecular formula is C20H21F3N4O5. The number of rotatable bonds is 4. The molecule has 2 aliphatic heterocycles. The van der Waals surface area contributed by atoms with E-state index >= 15 is 0 Å². The molecule has 0 saturated carbocycles. The van der Waals surface area contributed by atoms with Crippen molar-refractivity contribution >= 4 is 11.9 Å². The highest BCUT2D eigenvalue weighted by Gasteiger charge is 2.52. The molecule has 1 amide bonds. The molecule has 1 N–H and O–H groups in total. The van der Waals surface area contributed by atoms with Crippen molar-refractivity contribution in [3.63, 3.8) is 0 Å². The molecule has 0 aliphatic carbocycles. The number of amides is 1. The number of ether oxygens (including phenoxy) is 2. The molecule has 2 saturated heterocycles. The number of carbonyl (C=O) groups excluding carboxylic acids is 1. The molecule has 12 heteroatoms. The Balaban J connectivity index is 0.000000360. The number of hydrogen-bond acceptors (Lipinski definition) is 7. The SMILES string of the molecule is Cc1cnc(C(=O)N2C[C@@H]3COC[C@]3(COc3ccccn3)C2)cn1.O=C(O)C(F)(F)F. The Morgan fingerprint density at radius 3 is 2.62 bits per heavy atom. The van der Waals surface area contributed by atoms with Gasteiger partial charge in [0.05, 0.1) is 37.1 Å². The van der Waals surface area contributed by atoms with Crippen LogP contribution in [0.4, 0.5) is 13.2 Å². The Morgan fingerprint density at radius 1 is 1.28 bits per heavy atom. The third kappa shape index (κ3) is 5.49. The number of carboxylic acid groups (broad SMARTS) is 1. The van der Waals surface area contributed by atoms with Gasteiger partial charge >= 0.3 is 12.1 Å². The van der Waals surface area contributed by atoms with Gasteiger partial charge in [-0.2, -0.15) is 13.2 Å². The normalized spacial score (nSPS) is 22.0. The van der Waals surface area contributed by atoms with E-state index in [-0.39, 0.29) is 17.2 Å². The number of pyridine rings is 1. The Morgan fingerprint density at radius 2 is 2.03 bits per heavy atom. The van der Waals surface area contributed by atoms with Crippen LogP contribution in [0.15, 0.2) is 36.8 Å². The highest BCUT2D eigenvalue weighted by Crippen LogP contribution is 2.42. The summed E-state index contributed by atoms with van der Waals surface area (Å²) in [6.45, 7) is 4.82. The highest BCUT2D eigenvalue weighted by atomic mass is 19.4. The van der Waals surface area contributed by atoms with E-state index in [0.29, 0.717) is 44.5 Å². The van der Waals surface area contributed by atoms with Crippen molar-refractivity contribution in [3.05, 3.63) is 48.2 Å². The van der Waals surface area contributed by atoms with Crippen molar-refractivity contribution in [1.29, 1.82) is 0 Å². The van der Waals surface area contributed by atoms with E-state index in [0.717, 1.165) is 5.69 Å². The van der Waals surface area contributed by atoms with Crippen LogP contribution in [0.1, 0.15) is 16.2 Å². The van der Waals surface area contributed by atoms with Gasteiger partial charge in [-0.15, -0.1) is 0 Å². The minimum atomic E-state index is -5.08. The summed E-state index contributed by atoms with van der Waals surface area (Å²) in [5.41, 5.74) is 0.987. The number of halogens is 3. The molecule has 0 bridgehead atoms. The van der Waals surface area contributed by atoms with Gasteiger partial charge in [-0.1, -0.05) is 6.07 Å². The summed E-state index contributed by atoms with van der Waals surface area (Å²) in [6, 6.07) is 5.58. The van der Waals surface area contributed by atoms with Crippen molar-refractivity contribution in [2.45, 2.75) is 13.1 Å². The fraction of sp³-hybridized carbons (Fsp3) is 0.450. The van der Waals surface area contributed by atoms with Crippen molar-refractivity contribution < 1.29 is 37.3 Å². The summed E-state index contributed by atoms with van der Waals surface area (Å²) in [7, 11) is 0. The number of aliphatic carboxylic acids is 1. The van der Waals surface area contributed by atoms with Crippen molar-refractivity contribution in [1.82, 2.24) is 19.9 Å². The maximum Gasteiger partial charge on any atom is 0.490 e. The number of aromatic nitrogens is 3. The zero-order chi connectivity index (χ0) is 23.4. The first-order valence-corrected chi connectivity index (χ1v) is 9.60. The Bertz CT molecular complexity index is 943.